The fourth-order valence-electron chi connectivity index (χ4n) is 3.86. The smallest absolute Gasteiger partial charge is 0.208 e. The molecule has 1 aliphatic rings. The number of nitrogens with one attached hydrogen (secondary N) is 2. The molecular weight excluding hydrogens is 372 g/mol. The molecule has 7 nitrogen and oxygen atoms in total. The van der Waals surface area contributed by atoms with Crippen LogP contribution in [0, 0.1) is 5.92 Å². The van der Waals surface area contributed by atoms with E-state index >= 15 is 0 Å². The van der Waals surface area contributed by atoms with E-state index in [0.717, 1.165) is 40.7 Å². The number of nitrogens with zero attached hydrogens (tertiary/aromatic N) is 4. The summed E-state index contributed by atoms with van der Waals surface area (Å²) in [7, 11) is 2.10. The number of benzene rings is 1. The Kier molecular flexibility index (Phi) is 5.32. The van der Waals surface area contributed by atoms with E-state index in [1.807, 2.05) is 12.1 Å². The summed E-state index contributed by atoms with van der Waals surface area (Å²) >= 11 is 1.52. The van der Waals surface area contributed by atoms with Crippen molar-refractivity contribution in [2.24, 2.45) is 5.92 Å². The number of piperidine rings is 1. The summed E-state index contributed by atoms with van der Waals surface area (Å²) in [6, 6.07) is 6.58. The van der Waals surface area contributed by atoms with E-state index in [9.17, 15) is 5.11 Å². The molecule has 148 valence electrons. The number of hydrogen-bond acceptors (Lipinski definition) is 7. The van der Waals surface area contributed by atoms with Crippen LogP contribution in [-0.4, -0.2) is 51.2 Å². The predicted octanol–water partition coefficient (Wildman–Crippen LogP) is 3.51. The molecule has 28 heavy (non-hydrogen) atoms. The molecule has 4 rings (SSSR count). The van der Waals surface area contributed by atoms with Gasteiger partial charge in [-0.25, -0.2) is 0 Å². The summed E-state index contributed by atoms with van der Waals surface area (Å²) < 4.78 is 0. The van der Waals surface area contributed by atoms with Gasteiger partial charge in [-0.3, -0.25) is 5.10 Å². The second kappa shape index (κ2) is 7.89. The lowest BCUT2D eigenvalue weighted by Gasteiger charge is -2.40. The molecular formula is C20H26N6OS. The summed E-state index contributed by atoms with van der Waals surface area (Å²) in [5.74, 6) is 0.744. The lowest BCUT2D eigenvalue weighted by molar-refractivity contribution is 0.275. The number of aromatic nitrogens is 4. The number of H-pyrrole nitrogens is 1. The van der Waals surface area contributed by atoms with Gasteiger partial charge in [0, 0.05) is 30.9 Å². The van der Waals surface area contributed by atoms with E-state index in [-0.39, 0.29) is 5.75 Å². The Balaban J connectivity index is 1.55. The number of rotatable bonds is 5. The van der Waals surface area contributed by atoms with Crippen LogP contribution in [0.1, 0.15) is 26.7 Å². The zero-order valence-electron chi connectivity index (χ0n) is 16.4. The number of phenolic OH excluding ortho intramolecular Hbond substituents is 1. The van der Waals surface area contributed by atoms with Crippen molar-refractivity contribution in [3.8, 4) is 27.4 Å². The topological polar surface area (TPSA) is 90.0 Å². The van der Waals surface area contributed by atoms with Crippen LogP contribution in [0.15, 0.2) is 30.6 Å². The summed E-state index contributed by atoms with van der Waals surface area (Å²) in [6.45, 7) is 5.53. The van der Waals surface area contributed by atoms with Crippen molar-refractivity contribution in [3.63, 3.8) is 0 Å². The number of aromatic amines is 1. The van der Waals surface area contributed by atoms with Crippen molar-refractivity contribution >= 4 is 16.5 Å². The molecule has 3 N–H and O–H groups in total. The van der Waals surface area contributed by atoms with Crippen LogP contribution in [0.5, 0.6) is 5.75 Å². The van der Waals surface area contributed by atoms with Crippen molar-refractivity contribution in [3.05, 3.63) is 30.6 Å². The molecule has 0 saturated carbocycles. The zero-order valence-corrected chi connectivity index (χ0v) is 17.2. The Morgan fingerprint density at radius 2 is 2.14 bits per heavy atom. The molecule has 0 radical (unpaired) electrons. The van der Waals surface area contributed by atoms with Gasteiger partial charge in [0.25, 0.3) is 0 Å². The van der Waals surface area contributed by atoms with Crippen molar-refractivity contribution in [1.29, 1.82) is 0 Å². The van der Waals surface area contributed by atoms with Crippen LogP contribution < -0.4 is 10.2 Å². The summed E-state index contributed by atoms with van der Waals surface area (Å²) in [5, 5.41) is 31.3. The van der Waals surface area contributed by atoms with Gasteiger partial charge in [0.1, 0.15) is 5.75 Å². The van der Waals surface area contributed by atoms with Gasteiger partial charge in [-0.05, 0) is 43.0 Å². The van der Waals surface area contributed by atoms with E-state index in [4.69, 9.17) is 0 Å². The normalized spacial score (nSPS) is 22.3. The Morgan fingerprint density at radius 1 is 1.29 bits per heavy atom. The van der Waals surface area contributed by atoms with Gasteiger partial charge in [-0.15, -0.1) is 10.2 Å². The van der Waals surface area contributed by atoms with Gasteiger partial charge in [0.05, 0.1) is 11.8 Å². The minimum Gasteiger partial charge on any atom is -0.507 e. The molecule has 0 bridgehead atoms. The van der Waals surface area contributed by atoms with E-state index in [1.165, 1.54) is 11.3 Å². The first-order valence-electron chi connectivity index (χ1n) is 9.69. The quantitative estimate of drug-likeness (QED) is 0.609. The van der Waals surface area contributed by atoms with Gasteiger partial charge in [-0.2, -0.15) is 5.10 Å². The van der Waals surface area contributed by atoms with E-state index in [2.05, 4.69) is 51.5 Å². The molecule has 0 amide bonds. The Hall–Kier alpha value is -2.45. The summed E-state index contributed by atoms with van der Waals surface area (Å²) in [4.78, 5) is 2.26. The highest BCUT2D eigenvalue weighted by Gasteiger charge is 2.31. The average Bonchev–Trinajstić information content (AvgIpc) is 3.40. The molecule has 1 saturated heterocycles. The first kappa shape index (κ1) is 18.9. The van der Waals surface area contributed by atoms with Crippen molar-refractivity contribution in [2.45, 2.75) is 38.8 Å². The van der Waals surface area contributed by atoms with Gasteiger partial charge in [0.2, 0.25) is 5.13 Å². The van der Waals surface area contributed by atoms with Crippen molar-refractivity contribution in [1.82, 2.24) is 25.7 Å². The minimum absolute atomic E-state index is 0.199. The first-order valence-corrected chi connectivity index (χ1v) is 10.5. The maximum atomic E-state index is 10.5. The number of hydrogen-bond donors (Lipinski definition) is 3. The van der Waals surface area contributed by atoms with E-state index in [0.29, 0.717) is 23.6 Å². The summed E-state index contributed by atoms with van der Waals surface area (Å²) in [5.41, 5.74) is 2.55. The largest absolute Gasteiger partial charge is 0.507 e. The van der Waals surface area contributed by atoms with Crippen LogP contribution in [-0.2, 0) is 0 Å². The third-order valence-electron chi connectivity index (χ3n) is 5.68. The SMILES string of the molecule is CC[C@H]1C[C@@H](N(C)c2nnc(-c3ccc(-c4cn[nH]c4)cc3O)s2)C(C)CN1. The monoisotopic (exact) mass is 398 g/mol. The second-order valence-corrected chi connectivity index (χ2v) is 8.47. The first-order chi connectivity index (χ1) is 13.6. The van der Waals surface area contributed by atoms with Gasteiger partial charge in [-0.1, -0.05) is 31.3 Å². The average molecular weight is 399 g/mol. The molecule has 3 aromatic rings. The van der Waals surface area contributed by atoms with Crippen LogP contribution in [0.3, 0.4) is 0 Å². The highest BCUT2D eigenvalue weighted by atomic mass is 32.1. The molecule has 3 heterocycles. The van der Waals surface area contributed by atoms with Gasteiger partial charge in [0.15, 0.2) is 5.01 Å². The van der Waals surface area contributed by atoms with Crippen molar-refractivity contribution in [2.75, 3.05) is 18.5 Å². The lowest BCUT2D eigenvalue weighted by atomic mass is 9.89. The Labute approximate surface area is 168 Å². The maximum Gasteiger partial charge on any atom is 0.208 e. The standard InChI is InChI=1S/C20H26N6OS/c1-4-15-8-17(12(2)9-21-15)26(3)20-25-24-19(28-20)16-6-5-13(7-18(16)27)14-10-22-23-11-14/h5-7,10-12,15,17,21,27H,4,8-9H2,1-3H3,(H,22,23)/t12?,15-,17+/m0/s1. The van der Waals surface area contributed by atoms with Crippen LogP contribution in [0.2, 0.25) is 0 Å². The van der Waals surface area contributed by atoms with E-state index < -0.39 is 0 Å². The third kappa shape index (κ3) is 3.62. The van der Waals surface area contributed by atoms with Crippen molar-refractivity contribution < 1.29 is 5.11 Å². The molecule has 0 spiro atoms. The Bertz CT molecular complexity index is 925. The maximum absolute atomic E-state index is 10.5. The molecule has 1 unspecified atom stereocenters. The van der Waals surface area contributed by atoms with Gasteiger partial charge >= 0.3 is 0 Å². The lowest BCUT2D eigenvalue weighted by Crippen LogP contribution is -2.51. The highest BCUT2D eigenvalue weighted by molar-refractivity contribution is 7.18. The molecule has 2 aromatic heterocycles. The molecule has 1 aliphatic heterocycles. The van der Waals surface area contributed by atoms with Crippen LogP contribution >= 0.6 is 11.3 Å². The number of phenols is 1. The van der Waals surface area contributed by atoms with Crippen LogP contribution in [0.4, 0.5) is 5.13 Å². The molecule has 1 aromatic carbocycles. The third-order valence-corrected chi connectivity index (χ3v) is 6.72. The minimum atomic E-state index is 0.199. The Morgan fingerprint density at radius 3 is 2.86 bits per heavy atom. The highest BCUT2D eigenvalue weighted by Crippen LogP contribution is 2.37. The van der Waals surface area contributed by atoms with Crippen LogP contribution in [0.25, 0.3) is 21.7 Å². The number of aromatic hydroxyl groups is 1. The fourth-order valence-corrected chi connectivity index (χ4v) is 4.75. The van der Waals surface area contributed by atoms with Gasteiger partial charge < -0.3 is 15.3 Å². The predicted molar refractivity (Wildman–Crippen MR) is 113 cm³/mol. The molecule has 1 fully saturated rings. The second-order valence-electron chi connectivity index (χ2n) is 7.51. The molecule has 8 heteroatoms. The molecule has 0 aliphatic carbocycles. The van der Waals surface area contributed by atoms with E-state index in [1.54, 1.807) is 18.5 Å². The summed E-state index contributed by atoms with van der Waals surface area (Å²) in [6.07, 6.45) is 5.77. The molecule has 3 atom stereocenters. The fraction of sp³-hybridized carbons (Fsp3) is 0.450. The zero-order chi connectivity index (χ0) is 19.7. The number of anilines is 1.